The Balaban J connectivity index is 2.94. The number of rotatable bonds is 13. The Morgan fingerprint density at radius 1 is 0.960 bits per heavy atom. The van der Waals surface area contributed by atoms with Gasteiger partial charge in [-0.1, -0.05) is 65.2 Å². The first-order chi connectivity index (χ1) is 12.2. The zero-order valence-corrected chi connectivity index (χ0v) is 17.1. The van der Waals surface area contributed by atoms with Crippen molar-refractivity contribution < 1.29 is 9.47 Å². The summed E-state index contributed by atoms with van der Waals surface area (Å²) < 4.78 is 12.6. The summed E-state index contributed by atoms with van der Waals surface area (Å²) in [5, 5.41) is 0. The van der Waals surface area contributed by atoms with Gasteiger partial charge < -0.3 is 9.47 Å². The van der Waals surface area contributed by atoms with Crippen LogP contribution in [0.25, 0.3) is 0 Å². The fourth-order valence-corrected chi connectivity index (χ4v) is 3.22. The van der Waals surface area contributed by atoms with Gasteiger partial charge in [0.25, 0.3) is 0 Å². The van der Waals surface area contributed by atoms with Crippen molar-refractivity contribution in [1.29, 1.82) is 0 Å². The largest absolute Gasteiger partial charge is 0.458 e. The van der Waals surface area contributed by atoms with Crippen LogP contribution >= 0.6 is 0 Å². The van der Waals surface area contributed by atoms with Gasteiger partial charge in [-0.05, 0) is 55.9 Å². The molecule has 0 aliphatic rings. The third-order valence-electron chi connectivity index (χ3n) is 4.78. The molecular weight excluding hydrogens is 308 g/mol. The number of aryl methyl sites for hydroxylation is 1. The van der Waals surface area contributed by atoms with Crippen molar-refractivity contribution in [2.45, 2.75) is 91.8 Å². The summed E-state index contributed by atoms with van der Waals surface area (Å²) in [6, 6.07) is 8.41. The number of benzene rings is 1. The Labute approximate surface area is 155 Å². The molecule has 0 saturated carbocycles. The average molecular weight is 347 g/mol. The first-order valence-electron chi connectivity index (χ1n) is 10.3. The van der Waals surface area contributed by atoms with Crippen LogP contribution < -0.4 is 4.74 Å². The monoisotopic (exact) mass is 346 g/mol. The van der Waals surface area contributed by atoms with Crippen molar-refractivity contribution in [2.24, 2.45) is 0 Å². The summed E-state index contributed by atoms with van der Waals surface area (Å²) >= 11 is 0. The molecule has 2 heteroatoms. The third kappa shape index (κ3) is 6.86. The summed E-state index contributed by atoms with van der Waals surface area (Å²) in [7, 11) is 0. The normalized spacial score (nSPS) is 14.4. The lowest BCUT2D eigenvalue weighted by molar-refractivity contribution is -0.155. The Bertz CT molecular complexity index is 489. The fourth-order valence-electron chi connectivity index (χ4n) is 3.22. The Morgan fingerprint density at radius 3 is 2.20 bits per heavy atom. The highest BCUT2D eigenvalue weighted by atomic mass is 16.7. The molecule has 0 aliphatic heterocycles. The van der Waals surface area contributed by atoms with E-state index in [0.29, 0.717) is 6.61 Å². The quantitative estimate of drug-likeness (QED) is 0.216. The van der Waals surface area contributed by atoms with Crippen molar-refractivity contribution in [3.05, 3.63) is 41.5 Å². The lowest BCUT2D eigenvalue weighted by Gasteiger charge is -2.35. The van der Waals surface area contributed by atoms with Crippen molar-refractivity contribution >= 4 is 0 Å². The van der Waals surface area contributed by atoms with E-state index in [4.69, 9.17) is 9.47 Å². The molecule has 1 rings (SSSR count). The van der Waals surface area contributed by atoms with Gasteiger partial charge in [-0.15, -0.1) is 0 Å². The third-order valence-corrected chi connectivity index (χ3v) is 4.78. The van der Waals surface area contributed by atoms with Gasteiger partial charge in [0.1, 0.15) is 5.75 Å². The van der Waals surface area contributed by atoms with Crippen molar-refractivity contribution in [2.75, 3.05) is 6.61 Å². The summed E-state index contributed by atoms with van der Waals surface area (Å²) in [4.78, 5) is 0. The van der Waals surface area contributed by atoms with E-state index < -0.39 is 5.79 Å². The smallest absolute Gasteiger partial charge is 0.233 e. The molecule has 0 N–H and O–H groups in total. The van der Waals surface area contributed by atoms with E-state index >= 15 is 0 Å². The Hall–Kier alpha value is -1.28. The molecule has 1 atom stereocenters. The van der Waals surface area contributed by atoms with Crippen molar-refractivity contribution in [1.82, 2.24) is 0 Å². The topological polar surface area (TPSA) is 18.5 Å². The van der Waals surface area contributed by atoms with Crippen molar-refractivity contribution in [3.8, 4) is 5.75 Å². The van der Waals surface area contributed by atoms with Gasteiger partial charge in [-0.3, -0.25) is 0 Å². The van der Waals surface area contributed by atoms with Crippen LogP contribution in [0.15, 0.2) is 35.9 Å². The van der Waals surface area contributed by atoms with E-state index in [9.17, 15) is 0 Å². The first kappa shape index (κ1) is 21.8. The molecule has 25 heavy (non-hydrogen) atoms. The van der Waals surface area contributed by atoms with E-state index in [-0.39, 0.29) is 0 Å². The zero-order valence-electron chi connectivity index (χ0n) is 17.1. The Kier molecular flexibility index (Phi) is 10.6. The second kappa shape index (κ2) is 12.1. The maximum atomic E-state index is 6.43. The molecule has 2 nitrogen and oxygen atoms in total. The van der Waals surface area contributed by atoms with Gasteiger partial charge in [-0.2, -0.15) is 0 Å². The summed E-state index contributed by atoms with van der Waals surface area (Å²) in [5.41, 5.74) is 2.60. The van der Waals surface area contributed by atoms with Crippen LogP contribution in [0.1, 0.15) is 85.1 Å². The maximum Gasteiger partial charge on any atom is 0.233 e. The molecule has 1 aromatic rings. The van der Waals surface area contributed by atoms with Gasteiger partial charge in [0, 0.05) is 13.0 Å². The number of hydrogen-bond acceptors (Lipinski definition) is 2. The zero-order chi connectivity index (χ0) is 18.5. The molecule has 0 heterocycles. The van der Waals surface area contributed by atoms with Crippen LogP contribution in [0.3, 0.4) is 0 Å². The lowest BCUT2D eigenvalue weighted by atomic mass is 9.97. The molecule has 0 amide bonds. The average Bonchev–Trinajstić information content (AvgIpc) is 2.65. The van der Waals surface area contributed by atoms with Crippen LogP contribution in [-0.2, 0) is 11.2 Å². The Morgan fingerprint density at radius 2 is 1.68 bits per heavy atom. The van der Waals surface area contributed by atoms with Gasteiger partial charge in [0.2, 0.25) is 5.79 Å². The minimum atomic E-state index is -0.637. The highest BCUT2D eigenvalue weighted by molar-refractivity contribution is 5.29. The van der Waals surface area contributed by atoms with Crippen LogP contribution in [0.5, 0.6) is 5.75 Å². The van der Waals surface area contributed by atoms with Crippen molar-refractivity contribution in [3.63, 3.8) is 0 Å². The van der Waals surface area contributed by atoms with Crippen LogP contribution in [0, 0.1) is 0 Å². The SMILES string of the molecule is CCCCCC/C=C(\CC)C(CC)(OCC)Oc1ccc(CC)cc1. The minimum Gasteiger partial charge on any atom is -0.458 e. The first-order valence-corrected chi connectivity index (χ1v) is 10.3. The van der Waals surface area contributed by atoms with Gasteiger partial charge in [0.15, 0.2) is 0 Å². The molecule has 0 aromatic heterocycles. The van der Waals surface area contributed by atoms with Crippen LogP contribution in [0.2, 0.25) is 0 Å². The van der Waals surface area contributed by atoms with Gasteiger partial charge in [-0.25, -0.2) is 0 Å². The number of allylic oxidation sites excluding steroid dienone is 1. The summed E-state index contributed by atoms with van der Waals surface area (Å²) in [6.45, 7) is 11.5. The molecule has 142 valence electrons. The number of hydrogen-bond donors (Lipinski definition) is 0. The lowest BCUT2D eigenvalue weighted by Crippen LogP contribution is -2.41. The summed E-state index contributed by atoms with van der Waals surface area (Å²) in [5.74, 6) is 0.250. The standard InChI is InChI=1S/C23H38O2/c1-6-11-12-13-14-15-21(8-3)23(9-4,24-10-5)25-22-18-16-20(7-2)17-19-22/h15-19H,6-14H2,1-5H3/b21-15+. The molecule has 0 bridgehead atoms. The second-order valence-electron chi connectivity index (χ2n) is 6.57. The fraction of sp³-hybridized carbons (Fsp3) is 0.652. The van der Waals surface area contributed by atoms with E-state index in [0.717, 1.165) is 31.4 Å². The van der Waals surface area contributed by atoms with E-state index in [2.05, 4.69) is 58.0 Å². The second-order valence-corrected chi connectivity index (χ2v) is 6.57. The van der Waals surface area contributed by atoms with Gasteiger partial charge >= 0.3 is 0 Å². The molecular formula is C23H38O2. The number of ether oxygens (including phenoxy) is 2. The molecule has 0 saturated heterocycles. The highest BCUT2D eigenvalue weighted by Crippen LogP contribution is 2.32. The van der Waals surface area contributed by atoms with Crippen LogP contribution in [0.4, 0.5) is 0 Å². The van der Waals surface area contributed by atoms with Crippen LogP contribution in [-0.4, -0.2) is 12.4 Å². The predicted octanol–water partition coefficient (Wildman–Crippen LogP) is 7.08. The minimum absolute atomic E-state index is 0.637. The molecule has 0 aliphatic carbocycles. The highest BCUT2D eigenvalue weighted by Gasteiger charge is 2.34. The molecule has 1 unspecified atom stereocenters. The maximum absolute atomic E-state index is 6.43. The summed E-state index contributed by atoms with van der Waals surface area (Å²) in [6.07, 6.45) is 11.4. The van der Waals surface area contributed by atoms with Gasteiger partial charge in [0.05, 0.1) is 0 Å². The molecule has 0 spiro atoms. The predicted molar refractivity (Wildman–Crippen MR) is 108 cm³/mol. The van der Waals surface area contributed by atoms with E-state index in [1.807, 2.05) is 6.92 Å². The molecule has 1 aromatic carbocycles. The molecule has 0 fully saturated rings. The molecule has 0 radical (unpaired) electrons. The number of unbranched alkanes of at least 4 members (excludes halogenated alkanes) is 4. The van der Waals surface area contributed by atoms with E-state index in [1.54, 1.807) is 0 Å². The van der Waals surface area contributed by atoms with E-state index in [1.165, 1.54) is 36.8 Å².